The van der Waals surface area contributed by atoms with E-state index in [4.69, 9.17) is 4.74 Å². The predicted molar refractivity (Wildman–Crippen MR) is 97.5 cm³/mol. The van der Waals surface area contributed by atoms with Crippen LogP contribution in [0.2, 0.25) is 0 Å². The molecule has 24 heavy (non-hydrogen) atoms. The largest absolute Gasteiger partial charge is 0.497 e. The average Bonchev–Trinajstić information content (AvgIpc) is 2.67. The molecular formula is C20H19N3O. The van der Waals surface area contributed by atoms with Gasteiger partial charge < -0.3 is 4.74 Å². The van der Waals surface area contributed by atoms with E-state index in [-0.39, 0.29) is 0 Å². The Morgan fingerprint density at radius 1 is 1.00 bits per heavy atom. The lowest BCUT2D eigenvalue weighted by molar-refractivity contribution is 0.414. The van der Waals surface area contributed by atoms with Gasteiger partial charge in [-0.15, -0.1) is 0 Å². The maximum absolute atomic E-state index is 5.21. The van der Waals surface area contributed by atoms with Crippen LogP contribution in [-0.2, 0) is 6.42 Å². The van der Waals surface area contributed by atoms with Crippen molar-refractivity contribution in [2.24, 2.45) is 5.10 Å². The molecule has 0 spiro atoms. The van der Waals surface area contributed by atoms with Gasteiger partial charge in [-0.05, 0) is 42.0 Å². The summed E-state index contributed by atoms with van der Waals surface area (Å²) in [7, 11) is 1.67. The van der Waals surface area contributed by atoms with Crippen LogP contribution in [0, 0.1) is 0 Å². The summed E-state index contributed by atoms with van der Waals surface area (Å²) >= 11 is 0. The van der Waals surface area contributed by atoms with Gasteiger partial charge in [0.15, 0.2) is 0 Å². The van der Waals surface area contributed by atoms with Gasteiger partial charge in [-0.25, -0.2) is 0 Å². The average molecular weight is 317 g/mol. The third-order valence-corrected chi connectivity index (χ3v) is 3.62. The molecule has 120 valence electrons. The molecule has 0 aliphatic rings. The summed E-state index contributed by atoms with van der Waals surface area (Å²) in [4.78, 5) is 4.20. The lowest BCUT2D eigenvalue weighted by Crippen LogP contribution is -2.08. The minimum atomic E-state index is 0.704. The zero-order valence-corrected chi connectivity index (χ0v) is 13.5. The topological polar surface area (TPSA) is 46.5 Å². The number of hydrogen-bond donors (Lipinski definition) is 1. The first kappa shape index (κ1) is 15.7. The Hall–Kier alpha value is -3.14. The molecule has 0 unspecified atom stereocenters. The predicted octanol–water partition coefficient (Wildman–Crippen LogP) is 4.15. The van der Waals surface area contributed by atoms with Crippen LogP contribution in [-0.4, -0.2) is 17.8 Å². The maximum atomic E-state index is 5.21. The monoisotopic (exact) mass is 317 g/mol. The number of methoxy groups -OCH3 is 1. The first-order chi connectivity index (χ1) is 11.8. The van der Waals surface area contributed by atoms with Crippen molar-refractivity contribution in [3.8, 4) is 5.75 Å². The van der Waals surface area contributed by atoms with Crippen LogP contribution in [0.3, 0.4) is 0 Å². The van der Waals surface area contributed by atoms with Crippen molar-refractivity contribution < 1.29 is 4.74 Å². The van der Waals surface area contributed by atoms with E-state index >= 15 is 0 Å². The van der Waals surface area contributed by atoms with Gasteiger partial charge in [-0.3, -0.25) is 10.4 Å². The van der Waals surface area contributed by atoms with Crippen LogP contribution >= 0.6 is 0 Å². The number of hydrogen-bond acceptors (Lipinski definition) is 4. The third kappa shape index (κ3) is 4.20. The normalized spacial score (nSPS) is 11.1. The molecule has 3 aromatic rings. The van der Waals surface area contributed by atoms with E-state index in [0.717, 1.165) is 28.3 Å². The first-order valence-electron chi connectivity index (χ1n) is 7.76. The SMILES string of the molecule is COc1ccc(CC(=NNc2ccccc2)c2cccnc2)cc1. The number of pyridine rings is 1. The number of aromatic nitrogens is 1. The van der Waals surface area contributed by atoms with Crippen molar-refractivity contribution in [1.82, 2.24) is 4.98 Å². The molecule has 0 saturated heterocycles. The molecule has 0 atom stereocenters. The zero-order chi connectivity index (χ0) is 16.6. The Morgan fingerprint density at radius 3 is 2.46 bits per heavy atom. The van der Waals surface area contributed by atoms with Gasteiger partial charge in [0.1, 0.15) is 5.75 Å². The lowest BCUT2D eigenvalue weighted by atomic mass is 10.0. The van der Waals surface area contributed by atoms with Crippen LogP contribution in [0.1, 0.15) is 11.1 Å². The van der Waals surface area contributed by atoms with E-state index in [1.165, 1.54) is 0 Å². The molecule has 3 rings (SSSR count). The van der Waals surface area contributed by atoms with E-state index in [1.54, 1.807) is 13.3 Å². The minimum absolute atomic E-state index is 0.704. The van der Waals surface area contributed by atoms with Crippen molar-refractivity contribution in [3.05, 3.63) is 90.3 Å². The Balaban J connectivity index is 1.84. The van der Waals surface area contributed by atoms with Gasteiger partial charge in [0.05, 0.1) is 18.5 Å². The van der Waals surface area contributed by atoms with Crippen molar-refractivity contribution in [3.63, 3.8) is 0 Å². The molecule has 0 saturated carbocycles. The molecule has 2 aromatic carbocycles. The minimum Gasteiger partial charge on any atom is -0.497 e. The molecule has 0 aliphatic heterocycles. The fourth-order valence-electron chi connectivity index (χ4n) is 2.32. The molecule has 1 heterocycles. The second kappa shape index (κ2) is 7.92. The molecule has 1 N–H and O–H groups in total. The summed E-state index contributed by atoms with van der Waals surface area (Å²) < 4.78 is 5.21. The van der Waals surface area contributed by atoms with E-state index in [1.807, 2.05) is 72.9 Å². The lowest BCUT2D eigenvalue weighted by Gasteiger charge is -2.09. The number of benzene rings is 2. The maximum Gasteiger partial charge on any atom is 0.118 e. The van der Waals surface area contributed by atoms with Crippen molar-refractivity contribution in [1.29, 1.82) is 0 Å². The van der Waals surface area contributed by atoms with Gasteiger partial charge in [-0.1, -0.05) is 30.3 Å². The molecule has 0 aliphatic carbocycles. The molecule has 0 fully saturated rings. The summed E-state index contributed by atoms with van der Waals surface area (Å²) in [6, 6.07) is 21.9. The van der Waals surface area contributed by atoms with E-state index < -0.39 is 0 Å². The number of ether oxygens (including phenoxy) is 1. The number of nitrogens with zero attached hydrogens (tertiary/aromatic N) is 2. The second-order valence-corrected chi connectivity index (χ2v) is 5.30. The summed E-state index contributed by atoms with van der Waals surface area (Å²) in [6.45, 7) is 0. The highest BCUT2D eigenvalue weighted by molar-refractivity contribution is 6.02. The number of nitrogens with one attached hydrogen (secondary N) is 1. The summed E-state index contributed by atoms with van der Waals surface area (Å²) in [5.74, 6) is 0.848. The summed E-state index contributed by atoms with van der Waals surface area (Å²) in [5, 5.41) is 4.60. The Kier molecular flexibility index (Phi) is 5.20. The fourth-order valence-corrected chi connectivity index (χ4v) is 2.32. The van der Waals surface area contributed by atoms with Gasteiger partial charge in [-0.2, -0.15) is 5.10 Å². The Bertz CT molecular complexity index is 784. The third-order valence-electron chi connectivity index (χ3n) is 3.62. The van der Waals surface area contributed by atoms with Crippen LogP contribution in [0.4, 0.5) is 5.69 Å². The van der Waals surface area contributed by atoms with Crippen LogP contribution < -0.4 is 10.2 Å². The van der Waals surface area contributed by atoms with Gasteiger partial charge in [0, 0.05) is 24.4 Å². The van der Waals surface area contributed by atoms with Gasteiger partial charge in [0.25, 0.3) is 0 Å². The number of anilines is 1. The molecule has 0 bridgehead atoms. The highest BCUT2D eigenvalue weighted by atomic mass is 16.5. The smallest absolute Gasteiger partial charge is 0.118 e. The zero-order valence-electron chi connectivity index (χ0n) is 13.5. The first-order valence-corrected chi connectivity index (χ1v) is 7.76. The highest BCUT2D eigenvalue weighted by Crippen LogP contribution is 2.14. The van der Waals surface area contributed by atoms with Crippen molar-refractivity contribution in [2.45, 2.75) is 6.42 Å². The number of hydrazone groups is 1. The Labute approximate surface area is 141 Å². The van der Waals surface area contributed by atoms with E-state index in [0.29, 0.717) is 6.42 Å². The van der Waals surface area contributed by atoms with Gasteiger partial charge in [0.2, 0.25) is 0 Å². The van der Waals surface area contributed by atoms with Crippen LogP contribution in [0.5, 0.6) is 5.75 Å². The molecule has 1 aromatic heterocycles. The molecule has 4 heteroatoms. The van der Waals surface area contributed by atoms with Crippen LogP contribution in [0.15, 0.2) is 84.2 Å². The summed E-state index contributed by atoms with van der Waals surface area (Å²) in [6.07, 6.45) is 4.30. The molecule has 4 nitrogen and oxygen atoms in total. The molecular weight excluding hydrogens is 298 g/mol. The number of para-hydroxylation sites is 1. The van der Waals surface area contributed by atoms with Crippen LogP contribution in [0.25, 0.3) is 0 Å². The van der Waals surface area contributed by atoms with Crippen molar-refractivity contribution in [2.75, 3.05) is 12.5 Å². The fraction of sp³-hybridized carbons (Fsp3) is 0.100. The van der Waals surface area contributed by atoms with E-state index in [2.05, 4.69) is 15.5 Å². The quantitative estimate of drug-likeness (QED) is 0.549. The summed E-state index contributed by atoms with van der Waals surface area (Å²) in [5.41, 5.74) is 7.16. The highest BCUT2D eigenvalue weighted by Gasteiger charge is 2.06. The van der Waals surface area contributed by atoms with Crippen molar-refractivity contribution >= 4 is 11.4 Å². The molecule has 0 radical (unpaired) electrons. The number of rotatable bonds is 6. The Morgan fingerprint density at radius 2 is 1.79 bits per heavy atom. The van der Waals surface area contributed by atoms with Gasteiger partial charge >= 0.3 is 0 Å². The van der Waals surface area contributed by atoms with E-state index in [9.17, 15) is 0 Å². The second-order valence-electron chi connectivity index (χ2n) is 5.30. The molecule has 0 amide bonds. The standard InChI is InChI=1S/C20H19N3O/c1-24-19-11-9-16(10-12-19)14-20(17-6-5-13-21-15-17)23-22-18-7-3-2-4-8-18/h2-13,15,22H,14H2,1H3.